The van der Waals surface area contributed by atoms with Crippen LogP contribution in [0.15, 0.2) is 6.07 Å². The van der Waals surface area contributed by atoms with Crippen molar-refractivity contribution in [3.63, 3.8) is 0 Å². The first-order valence-corrected chi connectivity index (χ1v) is 6.05. The van der Waals surface area contributed by atoms with Gasteiger partial charge in [-0.15, -0.1) is 11.3 Å². The van der Waals surface area contributed by atoms with Crippen LogP contribution in [-0.4, -0.2) is 11.0 Å². The summed E-state index contributed by atoms with van der Waals surface area (Å²) in [5.74, 6) is 0.0218. The number of carbonyl (C=O) groups is 2. The predicted molar refractivity (Wildman–Crippen MR) is 63.1 cm³/mol. The van der Waals surface area contributed by atoms with Gasteiger partial charge in [-0.1, -0.05) is 11.6 Å². The van der Waals surface area contributed by atoms with E-state index in [1.807, 2.05) is 6.92 Å². The summed E-state index contributed by atoms with van der Waals surface area (Å²) < 4.78 is 0.615. The molecule has 0 N–H and O–H groups in total. The van der Waals surface area contributed by atoms with Gasteiger partial charge in [0.2, 0.25) is 5.24 Å². The predicted octanol–water partition coefficient (Wildman–Crippen LogP) is 3.83. The van der Waals surface area contributed by atoms with E-state index in [0.29, 0.717) is 22.7 Å². The Morgan fingerprint density at radius 1 is 1.40 bits per heavy atom. The third kappa shape index (κ3) is 3.93. The van der Waals surface area contributed by atoms with Crippen molar-refractivity contribution in [1.29, 1.82) is 0 Å². The molecule has 15 heavy (non-hydrogen) atoms. The second-order valence-electron chi connectivity index (χ2n) is 3.15. The van der Waals surface area contributed by atoms with Gasteiger partial charge in [0.25, 0.3) is 0 Å². The summed E-state index contributed by atoms with van der Waals surface area (Å²) in [4.78, 5) is 23.0. The lowest BCUT2D eigenvalue weighted by atomic mass is 10.1. The van der Waals surface area contributed by atoms with Crippen LogP contribution in [0.25, 0.3) is 0 Å². The Labute approximate surface area is 102 Å². The van der Waals surface area contributed by atoms with E-state index in [4.69, 9.17) is 23.2 Å². The molecular weight excluding hydrogens is 255 g/mol. The molecule has 82 valence electrons. The van der Waals surface area contributed by atoms with Crippen molar-refractivity contribution in [1.82, 2.24) is 0 Å². The molecule has 0 fully saturated rings. The fourth-order valence-electron chi connectivity index (χ4n) is 1.25. The van der Waals surface area contributed by atoms with Crippen molar-refractivity contribution in [3.05, 3.63) is 20.8 Å². The number of carbonyl (C=O) groups excluding carboxylic acids is 2. The number of Topliss-reactive ketones (excluding diaryl/α,β-unsaturated/α-hetero) is 1. The molecule has 0 aliphatic rings. The first kappa shape index (κ1) is 12.7. The summed E-state index contributed by atoms with van der Waals surface area (Å²) in [6.07, 6.45) is 1.07. The molecule has 0 atom stereocenters. The Bertz CT molecular complexity index is 385. The molecule has 1 aromatic heterocycles. The lowest BCUT2D eigenvalue weighted by molar-refractivity contribution is -0.111. The molecular formula is C10H10Cl2O2S. The standard InChI is InChI=1S/C10H10Cl2O2S/c1-6-7(5-10(12)15-6)8(13)3-2-4-9(11)14/h5H,2-4H2,1H3. The minimum absolute atomic E-state index is 0.0218. The second-order valence-corrected chi connectivity index (χ2v) is 5.46. The van der Waals surface area contributed by atoms with E-state index in [1.54, 1.807) is 6.07 Å². The molecule has 0 saturated carbocycles. The quantitative estimate of drug-likeness (QED) is 0.599. The van der Waals surface area contributed by atoms with Crippen LogP contribution in [0.3, 0.4) is 0 Å². The normalized spacial score (nSPS) is 10.3. The first-order valence-electron chi connectivity index (χ1n) is 4.48. The minimum Gasteiger partial charge on any atom is -0.294 e. The molecule has 0 bridgehead atoms. The molecule has 0 amide bonds. The lowest BCUT2D eigenvalue weighted by Crippen LogP contribution is -1.99. The van der Waals surface area contributed by atoms with E-state index >= 15 is 0 Å². The van der Waals surface area contributed by atoms with Gasteiger partial charge in [0.15, 0.2) is 5.78 Å². The first-order chi connectivity index (χ1) is 7.00. The molecule has 0 radical (unpaired) electrons. The van der Waals surface area contributed by atoms with Gasteiger partial charge in [0, 0.05) is 23.3 Å². The molecule has 0 unspecified atom stereocenters. The Hall–Kier alpha value is -0.380. The average molecular weight is 265 g/mol. The summed E-state index contributed by atoms with van der Waals surface area (Å²) in [5, 5.41) is -0.400. The molecule has 1 heterocycles. The third-order valence-electron chi connectivity index (χ3n) is 1.97. The van der Waals surface area contributed by atoms with Crippen LogP contribution < -0.4 is 0 Å². The van der Waals surface area contributed by atoms with Gasteiger partial charge in [-0.3, -0.25) is 9.59 Å². The SMILES string of the molecule is Cc1sc(Cl)cc1C(=O)CCCC(=O)Cl. The fraction of sp³-hybridized carbons (Fsp3) is 0.400. The highest BCUT2D eigenvalue weighted by Crippen LogP contribution is 2.27. The molecule has 0 aliphatic carbocycles. The molecule has 0 aliphatic heterocycles. The number of ketones is 1. The van der Waals surface area contributed by atoms with E-state index in [0.717, 1.165) is 4.88 Å². The Morgan fingerprint density at radius 2 is 2.07 bits per heavy atom. The molecule has 1 rings (SSSR count). The Balaban J connectivity index is 2.54. The van der Waals surface area contributed by atoms with Crippen molar-refractivity contribution in [2.24, 2.45) is 0 Å². The Kier molecular flexibility index (Phi) is 4.77. The highest BCUT2D eigenvalue weighted by Gasteiger charge is 2.12. The molecule has 5 heteroatoms. The number of aryl methyl sites for hydroxylation is 1. The maximum Gasteiger partial charge on any atom is 0.221 e. The smallest absolute Gasteiger partial charge is 0.221 e. The monoisotopic (exact) mass is 264 g/mol. The highest BCUT2D eigenvalue weighted by molar-refractivity contribution is 7.16. The molecule has 0 aromatic carbocycles. The summed E-state index contributed by atoms with van der Waals surface area (Å²) in [6.45, 7) is 1.86. The van der Waals surface area contributed by atoms with Crippen molar-refractivity contribution in [3.8, 4) is 0 Å². The average Bonchev–Trinajstić information content (AvgIpc) is 2.44. The molecule has 2 nitrogen and oxygen atoms in total. The number of halogens is 2. The highest BCUT2D eigenvalue weighted by atomic mass is 35.5. The van der Waals surface area contributed by atoms with Crippen molar-refractivity contribution >= 4 is 45.6 Å². The zero-order chi connectivity index (χ0) is 11.4. The number of thiophene rings is 1. The molecule has 0 saturated heterocycles. The maximum absolute atomic E-state index is 11.7. The maximum atomic E-state index is 11.7. The van der Waals surface area contributed by atoms with E-state index in [1.165, 1.54) is 11.3 Å². The van der Waals surface area contributed by atoms with Crippen molar-refractivity contribution in [2.75, 3.05) is 0 Å². The van der Waals surface area contributed by atoms with Crippen molar-refractivity contribution in [2.45, 2.75) is 26.2 Å². The topological polar surface area (TPSA) is 34.1 Å². The summed E-state index contributed by atoms with van der Waals surface area (Å²) in [5.41, 5.74) is 0.659. The van der Waals surface area contributed by atoms with Crippen LogP contribution >= 0.6 is 34.5 Å². The van der Waals surface area contributed by atoms with E-state index in [2.05, 4.69) is 0 Å². The van der Waals surface area contributed by atoms with Gasteiger partial charge in [-0.05, 0) is 31.0 Å². The van der Waals surface area contributed by atoms with E-state index in [-0.39, 0.29) is 12.2 Å². The minimum atomic E-state index is -0.400. The van der Waals surface area contributed by atoms with E-state index < -0.39 is 5.24 Å². The van der Waals surface area contributed by atoms with Gasteiger partial charge in [-0.2, -0.15) is 0 Å². The van der Waals surface area contributed by atoms with Crippen LogP contribution in [-0.2, 0) is 4.79 Å². The lowest BCUT2D eigenvalue weighted by Gasteiger charge is -1.97. The van der Waals surface area contributed by atoms with Gasteiger partial charge in [0.05, 0.1) is 4.34 Å². The van der Waals surface area contributed by atoms with Gasteiger partial charge in [-0.25, -0.2) is 0 Å². The molecule has 1 aromatic rings. The molecule has 0 spiro atoms. The number of rotatable bonds is 5. The zero-order valence-electron chi connectivity index (χ0n) is 8.18. The van der Waals surface area contributed by atoms with Gasteiger partial charge in [0.1, 0.15) is 0 Å². The number of hydrogen-bond donors (Lipinski definition) is 0. The zero-order valence-corrected chi connectivity index (χ0v) is 10.5. The van der Waals surface area contributed by atoms with Crippen LogP contribution in [0.5, 0.6) is 0 Å². The number of hydrogen-bond acceptors (Lipinski definition) is 3. The fourth-order valence-corrected chi connectivity index (χ4v) is 2.59. The van der Waals surface area contributed by atoms with Gasteiger partial charge < -0.3 is 0 Å². The summed E-state index contributed by atoms with van der Waals surface area (Å²) >= 11 is 12.3. The van der Waals surface area contributed by atoms with Crippen LogP contribution in [0.2, 0.25) is 4.34 Å². The van der Waals surface area contributed by atoms with Crippen LogP contribution in [0.1, 0.15) is 34.5 Å². The van der Waals surface area contributed by atoms with Crippen molar-refractivity contribution < 1.29 is 9.59 Å². The van der Waals surface area contributed by atoms with Crippen LogP contribution in [0.4, 0.5) is 0 Å². The summed E-state index contributed by atoms with van der Waals surface area (Å²) in [6, 6.07) is 1.67. The summed E-state index contributed by atoms with van der Waals surface area (Å²) in [7, 11) is 0. The third-order valence-corrected chi connectivity index (χ3v) is 3.33. The van der Waals surface area contributed by atoms with E-state index in [9.17, 15) is 9.59 Å². The second kappa shape index (κ2) is 5.64. The largest absolute Gasteiger partial charge is 0.294 e. The Morgan fingerprint density at radius 3 is 2.53 bits per heavy atom. The van der Waals surface area contributed by atoms with Crippen LogP contribution in [0, 0.1) is 6.92 Å². The van der Waals surface area contributed by atoms with Gasteiger partial charge >= 0.3 is 0 Å².